The highest BCUT2D eigenvalue weighted by Crippen LogP contribution is 2.23. The van der Waals surface area contributed by atoms with Crippen LogP contribution >= 0.6 is 0 Å². The molecule has 152 valence electrons. The molecule has 3 aromatic rings. The quantitative estimate of drug-likeness (QED) is 0.715. The molecular weight excluding hydrogens is 393 g/mol. The third kappa shape index (κ3) is 3.65. The van der Waals surface area contributed by atoms with Gasteiger partial charge < -0.3 is 9.88 Å². The molecule has 0 saturated carbocycles. The highest BCUT2D eigenvalue weighted by molar-refractivity contribution is 7.89. The second kappa shape index (κ2) is 7.27. The Bertz CT molecular complexity index is 1200. The Morgan fingerprint density at radius 3 is 2.41 bits per heavy atom. The zero-order valence-electron chi connectivity index (χ0n) is 16.3. The van der Waals surface area contributed by atoms with E-state index in [1.165, 1.54) is 16.4 Å². The molecule has 0 radical (unpaired) electrons. The number of aryl methyl sites for hydroxylation is 2. The van der Waals surface area contributed by atoms with Crippen LogP contribution in [0.1, 0.15) is 21.6 Å². The molecule has 1 fully saturated rings. The molecule has 2 aromatic carbocycles. The van der Waals surface area contributed by atoms with E-state index in [0.717, 1.165) is 5.56 Å². The molecule has 1 aliphatic heterocycles. The summed E-state index contributed by atoms with van der Waals surface area (Å²) in [5.41, 5.74) is 2.78. The van der Waals surface area contributed by atoms with Gasteiger partial charge in [-0.2, -0.15) is 4.31 Å². The van der Waals surface area contributed by atoms with Crippen molar-refractivity contribution in [1.82, 2.24) is 14.2 Å². The minimum atomic E-state index is -3.60. The van der Waals surface area contributed by atoms with Crippen molar-refractivity contribution in [3.63, 3.8) is 0 Å². The van der Waals surface area contributed by atoms with E-state index in [4.69, 9.17) is 0 Å². The average Bonchev–Trinajstić information content (AvgIpc) is 3.10. The van der Waals surface area contributed by atoms with Crippen LogP contribution in [0.3, 0.4) is 0 Å². The summed E-state index contributed by atoms with van der Waals surface area (Å²) < 4.78 is 40.8. The largest absolute Gasteiger partial charge is 0.351 e. The number of nitrogens with zero attached hydrogens (tertiary/aromatic N) is 2. The van der Waals surface area contributed by atoms with E-state index in [1.54, 1.807) is 36.1 Å². The van der Waals surface area contributed by atoms with Crippen LogP contribution in [0, 0.1) is 19.7 Å². The molecule has 29 heavy (non-hydrogen) atoms. The Labute approximate surface area is 169 Å². The smallest absolute Gasteiger partial charge is 0.270 e. The van der Waals surface area contributed by atoms with Gasteiger partial charge in [0.05, 0.1) is 4.90 Å². The summed E-state index contributed by atoms with van der Waals surface area (Å²) in [5.74, 6) is -0.578. The molecule has 0 spiro atoms. The Kier molecular flexibility index (Phi) is 4.92. The van der Waals surface area contributed by atoms with Crippen molar-refractivity contribution in [1.29, 1.82) is 0 Å². The first-order chi connectivity index (χ1) is 13.8. The van der Waals surface area contributed by atoms with Gasteiger partial charge in [-0.25, -0.2) is 12.8 Å². The van der Waals surface area contributed by atoms with Gasteiger partial charge >= 0.3 is 0 Å². The van der Waals surface area contributed by atoms with Crippen LogP contribution < -0.4 is 0 Å². The number of rotatable bonds is 3. The number of nitrogens with one attached hydrogen (secondary N) is 1. The first-order valence-corrected chi connectivity index (χ1v) is 10.8. The lowest BCUT2D eigenvalue weighted by Crippen LogP contribution is -2.50. The fraction of sp³-hybridized carbons (Fsp3) is 0.286. The number of halogens is 1. The minimum Gasteiger partial charge on any atom is -0.351 e. The van der Waals surface area contributed by atoms with Gasteiger partial charge in [-0.15, -0.1) is 0 Å². The zero-order valence-corrected chi connectivity index (χ0v) is 17.1. The maximum absolute atomic E-state index is 13.4. The van der Waals surface area contributed by atoms with Crippen LogP contribution in [-0.4, -0.2) is 54.7 Å². The van der Waals surface area contributed by atoms with Crippen molar-refractivity contribution in [3.05, 3.63) is 65.1 Å². The summed E-state index contributed by atoms with van der Waals surface area (Å²) in [6.45, 7) is 4.77. The summed E-state index contributed by atoms with van der Waals surface area (Å²) in [5, 5.41) is 0.629. The molecular formula is C21H22FN3O3S. The van der Waals surface area contributed by atoms with E-state index in [1.807, 2.05) is 13.0 Å². The monoisotopic (exact) mass is 415 g/mol. The molecule has 0 bridgehead atoms. The van der Waals surface area contributed by atoms with Crippen molar-refractivity contribution >= 4 is 26.8 Å². The SMILES string of the molecule is Cc1ccc(S(=O)(=O)N2CCN(C(=O)c3cc4cc(F)ccc4[nH]3)CC2)c(C)c1. The molecule has 2 heterocycles. The molecule has 8 heteroatoms. The number of sulfonamides is 1. The third-order valence-electron chi connectivity index (χ3n) is 5.29. The molecule has 6 nitrogen and oxygen atoms in total. The predicted octanol–water partition coefficient (Wildman–Crippen LogP) is 3.07. The molecule has 1 N–H and O–H groups in total. The molecule has 0 atom stereocenters. The van der Waals surface area contributed by atoms with Crippen molar-refractivity contribution in [2.24, 2.45) is 0 Å². The lowest BCUT2D eigenvalue weighted by molar-refractivity contribution is 0.0693. The summed E-state index contributed by atoms with van der Waals surface area (Å²) in [6, 6.07) is 11.2. The number of piperazine rings is 1. The molecule has 0 unspecified atom stereocenters. The van der Waals surface area contributed by atoms with Crippen molar-refractivity contribution in [2.75, 3.05) is 26.2 Å². The van der Waals surface area contributed by atoms with Crippen LogP contribution in [0.15, 0.2) is 47.4 Å². The van der Waals surface area contributed by atoms with E-state index in [-0.39, 0.29) is 24.8 Å². The van der Waals surface area contributed by atoms with Crippen molar-refractivity contribution < 1.29 is 17.6 Å². The molecule has 1 aliphatic rings. The van der Waals surface area contributed by atoms with E-state index in [9.17, 15) is 17.6 Å². The van der Waals surface area contributed by atoms with Gasteiger partial charge in [0.25, 0.3) is 5.91 Å². The van der Waals surface area contributed by atoms with Gasteiger partial charge in [-0.05, 0) is 49.7 Å². The fourth-order valence-corrected chi connectivity index (χ4v) is 5.38. The number of amides is 1. The van der Waals surface area contributed by atoms with E-state index >= 15 is 0 Å². The second-order valence-corrected chi connectivity index (χ2v) is 9.29. The fourth-order valence-electron chi connectivity index (χ4n) is 3.75. The van der Waals surface area contributed by atoms with Gasteiger partial charge in [0.15, 0.2) is 0 Å². The Hall–Kier alpha value is -2.71. The van der Waals surface area contributed by atoms with Crippen LogP contribution in [0.2, 0.25) is 0 Å². The Morgan fingerprint density at radius 2 is 1.72 bits per heavy atom. The number of aromatic nitrogens is 1. The highest BCUT2D eigenvalue weighted by Gasteiger charge is 2.31. The van der Waals surface area contributed by atoms with E-state index in [0.29, 0.717) is 40.1 Å². The molecule has 1 saturated heterocycles. The summed E-state index contributed by atoms with van der Waals surface area (Å²) in [6.07, 6.45) is 0. The number of aromatic amines is 1. The normalized spacial score (nSPS) is 15.8. The maximum Gasteiger partial charge on any atom is 0.270 e. The van der Waals surface area contributed by atoms with Crippen molar-refractivity contribution in [2.45, 2.75) is 18.7 Å². The summed E-state index contributed by atoms with van der Waals surface area (Å²) in [4.78, 5) is 17.7. The molecule has 1 amide bonds. The predicted molar refractivity (Wildman–Crippen MR) is 109 cm³/mol. The van der Waals surface area contributed by atoms with Gasteiger partial charge in [0.1, 0.15) is 11.5 Å². The first kappa shape index (κ1) is 19.6. The number of carbonyl (C=O) groups is 1. The molecule has 1 aromatic heterocycles. The highest BCUT2D eigenvalue weighted by atomic mass is 32.2. The van der Waals surface area contributed by atoms with Gasteiger partial charge in [-0.1, -0.05) is 17.7 Å². The maximum atomic E-state index is 13.4. The Balaban J connectivity index is 1.49. The lowest BCUT2D eigenvalue weighted by Gasteiger charge is -2.34. The van der Waals surface area contributed by atoms with Gasteiger partial charge in [0.2, 0.25) is 10.0 Å². The third-order valence-corrected chi connectivity index (χ3v) is 7.35. The van der Waals surface area contributed by atoms with E-state index in [2.05, 4.69) is 4.98 Å². The minimum absolute atomic E-state index is 0.217. The van der Waals surface area contributed by atoms with Crippen LogP contribution in [0.25, 0.3) is 10.9 Å². The number of H-pyrrole nitrogens is 1. The van der Waals surface area contributed by atoms with Gasteiger partial charge in [0, 0.05) is 37.1 Å². The topological polar surface area (TPSA) is 73.5 Å². The molecule has 0 aliphatic carbocycles. The van der Waals surface area contributed by atoms with Crippen molar-refractivity contribution in [3.8, 4) is 0 Å². The second-order valence-electron chi connectivity index (χ2n) is 7.38. The number of fused-ring (bicyclic) bond motifs is 1. The zero-order chi connectivity index (χ0) is 20.8. The summed E-state index contributed by atoms with van der Waals surface area (Å²) >= 11 is 0. The molecule has 4 rings (SSSR count). The number of benzene rings is 2. The van der Waals surface area contributed by atoms with Crippen LogP contribution in [-0.2, 0) is 10.0 Å². The number of hydrogen-bond acceptors (Lipinski definition) is 3. The number of hydrogen-bond donors (Lipinski definition) is 1. The standard InChI is InChI=1S/C21H22FN3O3S/c1-14-3-6-20(15(2)11-14)29(27,28)25-9-7-24(8-10-25)21(26)19-13-16-12-17(22)4-5-18(16)23-19/h3-6,11-13,23H,7-10H2,1-2H3. The van der Waals surface area contributed by atoms with Gasteiger partial charge in [-0.3, -0.25) is 4.79 Å². The summed E-state index contributed by atoms with van der Waals surface area (Å²) in [7, 11) is -3.60. The lowest BCUT2D eigenvalue weighted by atomic mass is 10.2. The van der Waals surface area contributed by atoms with Crippen LogP contribution in [0.4, 0.5) is 4.39 Å². The average molecular weight is 415 g/mol. The van der Waals surface area contributed by atoms with Crippen LogP contribution in [0.5, 0.6) is 0 Å². The Morgan fingerprint density at radius 1 is 1.00 bits per heavy atom. The number of carbonyl (C=O) groups excluding carboxylic acids is 1. The first-order valence-electron chi connectivity index (χ1n) is 9.41. The van der Waals surface area contributed by atoms with E-state index < -0.39 is 10.0 Å².